The molecule has 0 heterocycles. The third-order valence-corrected chi connectivity index (χ3v) is 7.78. The summed E-state index contributed by atoms with van der Waals surface area (Å²) in [5.41, 5.74) is 0.234. The zero-order valence-corrected chi connectivity index (χ0v) is 18.0. The number of carbonyl (C=O) groups is 2. The molecular formula is C22H32O5S. The number of Topliss-reactive ketones (excluding diaryl/α,β-unsaturated/α-hetero) is 1. The second-order valence-electron chi connectivity index (χ2n) is 7.75. The van der Waals surface area contributed by atoms with Gasteiger partial charge in [0.25, 0.3) is 0 Å². The summed E-state index contributed by atoms with van der Waals surface area (Å²) < 4.78 is 30.3. The molecule has 0 aliphatic heterocycles. The van der Waals surface area contributed by atoms with Gasteiger partial charge in [-0.2, -0.15) is 0 Å². The quantitative estimate of drug-likeness (QED) is 0.469. The zero-order valence-electron chi connectivity index (χ0n) is 17.1. The van der Waals surface area contributed by atoms with Crippen molar-refractivity contribution in [1.82, 2.24) is 0 Å². The second-order valence-corrected chi connectivity index (χ2v) is 9.86. The Balaban J connectivity index is 2.09. The minimum atomic E-state index is -3.49. The monoisotopic (exact) mass is 408 g/mol. The van der Waals surface area contributed by atoms with Gasteiger partial charge in [-0.3, -0.25) is 4.79 Å². The first-order chi connectivity index (χ1) is 13.3. The predicted molar refractivity (Wildman–Crippen MR) is 109 cm³/mol. The lowest BCUT2D eigenvalue weighted by Gasteiger charge is -2.24. The van der Waals surface area contributed by atoms with E-state index >= 15 is 0 Å². The molecule has 1 aliphatic carbocycles. The van der Waals surface area contributed by atoms with Gasteiger partial charge in [0.15, 0.2) is 9.84 Å². The Morgan fingerprint density at radius 3 is 2.57 bits per heavy atom. The SMILES string of the molecule is CCC(=O)[C@@H]1CC(CCS(=O)(=O)c2cccc(C(=O)OC)c2)CCCC1CC. The van der Waals surface area contributed by atoms with Crippen molar-refractivity contribution < 1.29 is 22.7 Å². The summed E-state index contributed by atoms with van der Waals surface area (Å²) in [6.45, 7) is 4.05. The molecule has 156 valence electrons. The molecule has 0 amide bonds. The van der Waals surface area contributed by atoms with E-state index < -0.39 is 15.8 Å². The Kier molecular flexibility index (Phi) is 8.23. The molecule has 2 unspecified atom stereocenters. The Morgan fingerprint density at radius 1 is 1.18 bits per heavy atom. The minimum Gasteiger partial charge on any atom is -0.465 e. The van der Waals surface area contributed by atoms with Crippen LogP contribution in [0.4, 0.5) is 0 Å². The molecule has 0 saturated heterocycles. The van der Waals surface area contributed by atoms with E-state index in [4.69, 9.17) is 0 Å². The van der Waals surface area contributed by atoms with Crippen LogP contribution in [0, 0.1) is 17.8 Å². The zero-order chi connectivity index (χ0) is 20.7. The summed E-state index contributed by atoms with van der Waals surface area (Å²) >= 11 is 0. The fourth-order valence-electron chi connectivity index (χ4n) is 4.32. The average Bonchev–Trinajstić information content (AvgIpc) is 2.93. The molecule has 0 radical (unpaired) electrons. The lowest BCUT2D eigenvalue weighted by Crippen LogP contribution is -2.24. The van der Waals surface area contributed by atoms with Crippen LogP contribution in [0.15, 0.2) is 29.2 Å². The number of ketones is 1. The van der Waals surface area contributed by atoms with E-state index in [9.17, 15) is 18.0 Å². The van der Waals surface area contributed by atoms with Crippen molar-refractivity contribution in [2.75, 3.05) is 12.9 Å². The summed E-state index contributed by atoms with van der Waals surface area (Å²) in [5, 5.41) is 0. The third kappa shape index (κ3) is 5.66. The number of carbonyl (C=O) groups excluding carboxylic acids is 2. The molecule has 5 nitrogen and oxygen atoms in total. The Morgan fingerprint density at radius 2 is 1.93 bits per heavy atom. The number of ether oxygens (including phenoxy) is 1. The number of hydrogen-bond donors (Lipinski definition) is 0. The summed E-state index contributed by atoms with van der Waals surface area (Å²) in [4.78, 5) is 24.2. The number of esters is 1. The standard InChI is InChI=1S/C22H32O5S/c1-4-17-9-6-8-16(14-20(17)21(23)5-2)12-13-28(25,26)19-11-7-10-18(15-19)22(24)27-3/h7,10-11,15-17,20H,4-6,8-9,12-14H2,1-3H3/t16?,17?,20-/m1/s1. The van der Waals surface area contributed by atoms with Crippen molar-refractivity contribution in [2.24, 2.45) is 17.8 Å². The van der Waals surface area contributed by atoms with Gasteiger partial charge in [-0.05, 0) is 49.3 Å². The van der Waals surface area contributed by atoms with Crippen molar-refractivity contribution in [1.29, 1.82) is 0 Å². The summed E-state index contributed by atoms with van der Waals surface area (Å²) in [5.74, 6) is 0.528. The van der Waals surface area contributed by atoms with E-state index in [1.807, 2.05) is 6.92 Å². The van der Waals surface area contributed by atoms with E-state index in [0.29, 0.717) is 24.5 Å². The van der Waals surface area contributed by atoms with Gasteiger partial charge in [0.1, 0.15) is 5.78 Å². The number of hydrogen-bond acceptors (Lipinski definition) is 5. The van der Waals surface area contributed by atoms with E-state index in [1.54, 1.807) is 12.1 Å². The maximum absolute atomic E-state index is 12.8. The largest absolute Gasteiger partial charge is 0.465 e. The molecule has 1 aliphatic rings. The van der Waals surface area contributed by atoms with Crippen LogP contribution in [0.3, 0.4) is 0 Å². The lowest BCUT2D eigenvalue weighted by atomic mass is 9.80. The van der Waals surface area contributed by atoms with Gasteiger partial charge >= 0.3 is 5.97 Å². The summed E-state index contributed by atoms with van der Waals surface area (Å²) in [6.07, 6.45) is 5.97. The number of methoxy groups -OCH3 is 1. The fourth-order valence-corrected chi connectivity index (χ4v) is 5.79. The Bertz CT molecular complexity index is 784. The van der Waals surface area contributed by atoms with Crippen LogP contribution in [-0.2, 0) is 19.4 Å². The highest BCUT2D eigenvalue weighted by molar-refractivity contribution is 7.91. The molecular weight excluding hydrogens is 376 g/mol. The van der Waals surface area contributed by atoms with E-state index in [-0.39, 0.29) is 28.0 Å². The molecule has 28 heavy (non-hydrogen) atoms. The number of benzene rings is 1. The first kappa shape index (κ1) is 22.6. The van der Waals surface area contributed by atoms with Gasteiger partial charge in [0.05, 0.1) is 23.3 Å². The maximum atomic E-state index is 12.8. The third-order valence-electron chi connectivity index (χ3n) is 6.04. The molecule has 3 atom stereocenters. The average molecular weight is 409 g/mol. The minimum absolute atomic E-state index is 0.0338. The Labute approximate surface area is 168 Å². The molecule has 1 aromatic rings. The molecule has 0 N–H and O–H groups in total. The molecule has 0 aromatic heterocycles. The van der Waals surface area contributed by atoms with E-state index in [0.717, 1.165) is 32.1 Å². The van der Waals surface area contributed by atoms with Gasteiger partial charge in [0.2, 0.25) is 0 Å². The molecule has 1 saturated carbocycles. The van der Waals surface area contributed by atoms with E-state index in [2.05, 4.69) is 11.7 Å². The van der Waals surface area contributed by atoms with Crippen LogP contribution in [0.25, 0.3) is 0 Å². The smallest absolute Gasteiger partial charge is 0.337 e. The molecule has 1 fully saturated rings. The van der Waals surface area contributed by atoms with Crippen molar-refractivity contribution in [2.45, 2.75) is 63.7 Å². The molecule has 1 aromatic carbocycles. The highest BCUT2D eigenvalue weighted by Gasteiger charge is 2.32. The van der Waals surface area contributed by atoms with Crippen molar-refractivity contribution in [3.63, 3.8) is 0 Å². The first-order valence-electron chi connectivity index (χ1n) is 10.3. The predicted octanol–water partition coefficient (Wildman–Crippen LogP) is 4.45. The first-order valence-corrected chi connectivity index (χ1v) is 11.9. The van der Waals surface area contributed by atoms with Crippen molar-refractivity contribution in [3.8, 4) is 0 Å². The second kappa shape index (κ2) is 10.2. The van der Waals surface area contributed by atoms with E-state index in [1.165, 1.54) is 19.2 Å². The van der Waals surface area contributed by atoms with Crippen LogP contribution in [0.1, 0.15) is 69.2 Å². The van der Waals surface area contributed by atoms with Gasteiger partial charge in [0, 0.05) is 12.3 Å². The molecule has 0 bridgehead atoms. The fraction of sp³-hybridized carbons (Fsp3) is 0.636. The summed E-state index contributed by atoms with van der Waals surface area (Å²) in [6, 6.07) is 6.00. The highest BCUT2D eigenvalue weighted by atomic mass is 32.2. The van der Waals surface area contributed by atoms with Crippen LogP contribution in [0.2, 0.25) is 0 Å². The van der Waals surface area contributed by atoms with Crippen LogP contribution < -0.4 is 0 Å². The van der Waals surface area contributed by atoms with Crippen LogP contribution in [0.5, 0.6) is 0 Å². The lowest BCUT2D eigenvalue weighted by molar-refractivity contribution is -0.124. The van der Waals surface area contributed by atoms with Crippen molar-refractivity contribution >= 4 is 21.6 Å². The Hall–Kier alpha value is -1.69. The number of sulfone groups is 1. The normalized spacial score (nSPS) is 23.0. The maximum Gasteiger partial charge on any atom is 0.337 e. The van der Waals surface area contributed by atoms with Crippen molar-refractivity contribution in [3.05, 3.63) is 29.8 Å². The van der Waals surface area contributed by atoms with Gasteiger partial charge in [-0.1, -0.05) is 39.2 Å². The van der Waals surface area contributed by atoms with Gasteiger partial charge < -0.3 is 4.74 Å². The van der Waals surface area contributed by atoms with Gasteiger partial charge in [-0.15, -0.1) is 0 Å². The molecule has 0 spiro atoms. The van der Waals surface area contributed by atoms with Gasteiger partial charge in [-0.25, -0.2) is 13.2 Å². The topological polar surface area (TPSA) is 77.5 Å². The molecule has 6 heteroatoms. The highest BCUT2D eigenvalue weighted by Crippen LogP contribution is 2.37. The van der Waals surface area contributed by atoms with Crippen LogP contribution >= 0.6 is 0 Å². The molecule has 2 rings (SSSR count). The number of rotatable bonds is 8. The van der Waals surface area contributed by atoms with Crippen LogP contribution in [-0.4, -0.2) is 33.0 Å². The summed E-state index contributed by atoms with van der Waals surface area (Å²) in [7, 11) is -2.22.